The van der Waals surface area contributed by atoms with E-state index in [0.29, 0.717) is 15.8 Å². The Morgan fingerprint density at radius 2 is 1.66 bits per heavy atom. The zero-order valence-electron chi connectivity index (χ0n) is 16.2. The summed E-state index contributed by atoms with van der Waals surface area (Å²) in [6, 6.07) is 16.7. The van der Waals surface area contributed by atoms with Crippen molar-refractivity contribution >= 4 is 27.3 Å². The van der Waals surface area contributed by atoms with E-state index >= 15 is 0 Å². The number of rotatable bonds is 5. The van der Waals surface area contributed by atoms with Gasteiger partial charge in [0.15, 0.2) is 5.78 Å². The summed E-state index contributed by atoms with van der Waals surface area (Å²) in [6.07, 6.45) is 0. The quantitative estimate of drug-likeness (QED) is 0.476. The Kier molecular flexibility index (Phi) is 5.03. The number of carbonyl (C=O) groups excluding carboxylic acids is 1. The number of Topliss-reactive ketones (excluding diaryl/α,β-unsaturated/α-hetero) is 1. The molecule has 0 aliphatic rings. The Bertz CT molecular complexity index is 1330. The first-order chi connectivity index (χ1) is 14.0. The van der Waals surface area contributed by atoms with E-state index in [0.717, 1.165) is 16.7 Å². The molecule has 0 radical (unpaired) electrons. The van der Waals surface area contributed by atoms with Crippen molar-refractivity contribution in [1.29, 1.82) is 0 Å². The van der Waals surface area contributed by atoms with E-state index in [1.165, 1.54) is 20.5 Å². The van der Waals surface area contributed by atoms with Crippen molar-refractivity contribution in [3.8, 4) is 0 Å². The molecule has 146 valence electrons. The predicted octanol–water partition coefficient (Wildman–Crippen LogP) is 3.77. The van der Waals surface area contributed by atoms with E-state index in [-0.39, 0.29) is 24.4 Å². The molecule has 2 aromatic heterocycles. The summed E-state index contributed by atoms with van der Waals surface area (Å²) in [5.74, 6) is -0.154. The van der Waals surface area contributed by atoms with Crippen LogP contribution in [0.3, 0.4) is 0 Å². The number of thiophene rings is 1. The van der Waals surface area contributed by atoms with Gasteiger partial charge in [0.05, 0.1) is 18.6 Å². The molecular formula is C23H20N2O3S. The van der Waals surface area contributed by atoms with E-state index in [1.54, 1.807) is 17.5 Å². The van der Waals surface area contributed by atoms with Gasteiger partial charge in [-0.05, 0) is 36.4 Å². The lowest BCUT2D eigenvalue weighted by Gasteiger charge is -2.13. The lowest BCUT2D eigenvalue weighted by molar-refractivity contribution is 0.0971. The molecule has 0 aliphatic heterocycles. The molecule has 6 heteroatoms. The van der Waals surface area contributed by atoms with Gasteiger partial charge in [0.25, 0.3) is 5.56 Å². The summed E-state index contributed by atoms with van der Waals surface area (Å²) in [5.41, 5.74) is 3.13. The molecule has 0 saturated carbocycles. The maximum absolute atomic E-state index is 13.2. The summed E-state index contributed by atoms with van der Waals surface area (Å²) < 4.78 is 3.11. The van der Waals surface area contributed by atoms with Gasteiger partial charge in [0.2, 0.25) is 0 Å². The maximum Gasteiger partial charge on any atom is 0.332 e. The Labute approximate surface area is 171 Å². The molecule has 0 N–H and O–H groups in total. The largest absolute Gasteiger partial charge is 0.332 e. The smallest absolute Gasteiger partial charge is 0.292 e. The van der Waals surface area contributed by atoms with Gasteiger partial charge in [-0.3, -0.25) is 18.7 Å². The molecule has 0 amide bonds. The standard InChI is InChI=1S/C23H20N2O3S/c1-15-7-9-17(10-8-15)13-25-22(27)21-19(11-12-29-21)24(23(25)28)14-20(26)18-6-4-3-5-16(18)2/h3-12H,13-14H2,1-2H3. The van der Waals surface area contributed by atoms with Crippen LogP contribution in [-0.4, -0.2) is 14.9 Å². The minimum absolute atomic E-state index is 0.106. The van der Waals surface area contributed by atoms with Crippen molar-refractivity contribution in [3.63, 3.8) is 0 Å². The van der Waals surface area contributed by atoms with Gasteiger partial charge in [-0.25, -0.2) is 4.79 Å². The van der Waals surface area contributed by atoms with Crippen LogP contribution < -0.4 is 11.2 Å². The monoisotopic (exact) mass is 404 g/mol. The van der Waals surface area contributed by atoms with E-state index < -0.39 is 5.69 Å². The fourth-order valence-corrected chi connectivity index (χ4v) is 4.26. The molecule has 0 saturated heterocycles. The topological polar surface area (TPSA) is 61.1 Å². The van der Waals surface area contributed by atoms with Crippen LogP contribution in [-0.2, 0) is 13.1 Å². The number of nitrogens with zero attached hydrogens (tertiary/aromatic N) is 2. The van der Waals surface area contributed by atoms with Gasteiger partial charge >= 0.3 is 5.69 Å². The van der Waals surface area contributed by atoms with Crippen molar-refractivity contribution in [2.24, 2.45) is 0 Å². The maximum atomic E-state index is 13.2. The number of aromatic nitrogens is 2. The molecule has 0 atom stereocenters. The first-order valence-corrected chi connectivity index (χ1v) is 10.2. The average molecular weight is 404 g/mol. The Balaban J connectivity index is 1.82. The fourth-order valence-electron chi connectivity index (χ4n) is 3.42. The summed E-state index contributed by atoms with van der Waals surface area (Å²) in [7, 11) is 0. The summed E-state index contributed by atoms with van der Waals surface area (Å²) >= 11 is 1.29. The zero-order chi connectivity index (χ0) is 20.5. The third kappa shape index (κ3) is 3.59. The number of benzene rings is 2. The van der Waals surface area contributed by atoms with Gasteiger partial charge in [0, 0.05) is 5.56 Å². The SMILES string of the molecule is Cc1ccc(Cn2c(=O)c3sccc3n(CC(=O)c3ccccc3C)c2=O)cc1. The molecule has 0 fully saturated rings. The highest BCUT2D eigenvalue weighted by Crippen LogP contribution is 2.17. The van der Waals surface area contributed by atoms with Crippen LogP contribution in [0.2, 0.25) is 0 Å². The molecule has 0 bridgehead atoms. The van der Waals surface area contributed by atoms with E-state index in [1.807, 2.05) is 56.3 Å². The van der Waals surface area contributed by atoms with Crippen molar-refractivity contribution < 1.29 is 4.79 Å². The van der Waals surface area contributed by atoms with Crippen LogP contribution in [0, 0.1) is 13.8 Å². The number of carbonyl (C=O) groups is 1. The van der Waals surface area contributed by atoms with Crippen LogP contribution >= 0.6 is 11.3 Å². The molecule has 4 rings (SSSR count). The molecular weight excluding hydrogens is 384 g/mol. The second-order valence-electron chi connectivity index (χ2n) is 7.12. The van der Waals surface area contributed by atoms with Crippen LogP contribution in [0.25, 0.3) is 10.2 Å². The first kappa shape index (κ1) is 19.1. The third-order valence-corrected chi connectivity index (χ3v) is 5.94. The zero-order valence-corrected chi connectivity index (χ0v) is 17.0. The molecule has 4 aromatic rings. The number of hydrogen-bond donors (Lipinski definition) is 0. The highest BCUT2D eigenvalue weighted by molar-refractivity contribution is 7.17. The van der Waals surface area contributed by atoms with Gasteiger partial charge < -0.3 is 0 Å². The summed E-state index contributed by atoms with van der Waals surface area (Å²) in [4.78, 5) is 39.0. The third-order valence-electron chi connectivity index (χ3n) is 5.04. The van der Waals surface area contributed by atoms with E-state index in [2.05, 4.69) is 0 Å². The van der Waals surface area contributed by atoms with Crippen LogP contribution in [0.1, 0.15) is 27.0 Å². The predicted molar refractivity (Wildman–Crippen MR) is 116 cm³/mol. The minimum atomic E-state index is -0.469. The normalized spacial score (nSPS) is 11.1. The number of hydrogen-bond acceptors (Lipinski definition) is 4. The number of aryl methyl sites for hydroxylation is 2. The van der Waals surface area contributed by atoms with E-state index in [4.69, 9.17) is 0 Å². The summed E-state index contributed by atoms with van der Waals surface area (Å²) in [6.45, 7) is 3.92. The molecule has 5 nitrogen and oxygen atoms in total. The Morgan fingerprint density at radius 1 is 0.931 bits per heavy atom. The Morgan fingerprint density at radius 3 is 2.38 bits per heavy atom. The lowest BCUT2D eigenvalue weighted by Crippen LogP contribution is -2.41. The van der Waals surface area contributed by atoms with Crippen LogP contribution in [0.15, 0.2) is 69.6 Å². The highest BCUT2D eigenvalue weighted by Gasteiger charge is 2.18. The molecule has 2 heterocycles. The van der Waals surface area contributed by atoms with Gasteiger partial charge in [-0.15, -0.1) is 11.3 Å². The number of ketones is 1. The first-order valence-electron chi connectivity index (χ1n) is 9.31. The second kappa shape index (κ2) is 7.64. The second-order valence-corrected chi connectivity index (χ2v) is 8.03. The summed E-state index contributed by atoms with van der Waals surface area (Å²) in [5, 5.41) is 1.77. The average Bonchev–Trinajstić information content (AvgIpc) is 3.20. The van der Waals surface area contributed by atoms with Crippen molar-refractivity contribution in [1.82, 2.24) is 9.13 Å². The Hall–Kier alpha value is -3.25. The van der Waals surface area contributed by atoms with Gasteiger partial charge in [-0.2, -0.15) is 0 Å². The van der Waals surface area contributed by atoms with Crippen LogP contribution in [0.4, 0.5) is 0 Å². The minimum Gasteiger partial charge on any atom is -0.292 e. The van der Waals surface area contributed by atoms with Crippen LogP contribution in [0.5, 0.6) is 0 Å². The van der Waals surface area contributed by atoms with E-state index in [9.17, 15) is 14.4 Å². The highest BCUT2D eigenvalue weighted by atomic mass is 32.1. The molecule has 2 aromatic carbocycles. The van der Waals surface area contributed by atoms with Crippen molar-refractivity contribution in [2.75, 3.05) is 0 Å². The molecule has 29 heavy (non-hydrogen) atoms. The molecule has 0 spiro atoms. The van der Waals surface area contributed by atoms with Crippen molar-refractivity contribution in [3.05, 3.63) is 103 Å². The molecule has 0 aliphatic carbocycles. The van der Waals surface area contributed by atoms with Crippen molar-refractivity contribution in [2.45, 2.75) is 26.9 Å². The lowest BCUT2D eigenvalue weighted by atomic mass is 10.0. The molecule has 0 unspecified atom stereocenters. The fraction of sp³-hybridized carbons (Fsp3) is 0.174. The number of fused-ring (bicyclic) bond motifs is 1. The van der Waals surface area contributed by atoms with Gasteiger partial charge in [0.1, 0.15) is 4.70 Å². The van der Waals surface area contributed by atoms with Gasteiger partial charge in [-0.1, -0.05) is 54.1 Å².